The van der Waals surface area contributed by atoms with Crippen molar-refractivity contribution in [3.63, 3.8) is 0 Å². The number of hydrogen-bond acceptors (Lipinski definition) is 6. The van der Waals surface area contributed by atoms with Gasteiger partial charge in [0.25, 0.3) is 10.0 Å². The highest BCUT2D eigenvalue weighted by atomic mass is 32.2. The van der Waals surface area contributed by atoms with Crippen LogP contribution in [0.4, 0.5) is 14.9 Å². The number of halogens is 1. The number of hydrogen-bond donors (Lipinski definition) is 2. The van der Waals surface area contributed by atoms with E-state index in [-0.39, 0.29) is 31.2 Å². The molecule has 11 heteroatoms. The zero-order valence-corrected chi connectivity index (χ0v) is 18.4. The number of aryl methyl sites for hydroxylation is 1. The first-order valence-electron chi connectivity index (χ1n) is 9.81. The molecule has 0 aliphatic carbocycles. The lowest BCUT2D eigenvalue weighted by molar-refractivity contribution is -0.121. The van der Waals surface area contributed by atoms with Crippen LogP contribution in [0.3, 0.4) is 0 Å². The molecule has 2 aromatic rings. The van der Waals surface area contributed by atoms with Crippen LogP contribution in [-0.2, 0) is 14.8 Å². The van der Waals surface area contributed by atoms with E-state index in [0.717, 1.165) is 0 Å². The van der Waals surface area contributed by atoms with E-state index in [2.05, 4.69) is 10.6 Å². The third-order valence-electron chi connectivity index (χ3n) is 4.76. The Hall–Kier alpha value is -3.65. The topological polar surface area (TPSA) is 129 Å². The summed E-state index contributed by atoms with van der Waals surface area (Å²) in [4.78, 5) is 24.5. The van der Waals surface area contributed by atoms with Gasteiger partial charge in [0, 0.05) is 2.85 Å². The first kappa shape index (κ1) is 23.0. The normalized spacial score (nSPS) is 17.5. The first-order valence-corrected chi connectivity index (χ1v) is 11.3. The van der Waals surface area contributed by atoms with E-state index in [1.807, 2.05) is 13.8 Å². The van der Waals surface area contributed by atoms with Crippen molar-refractivity contribution in [3.05, 3.63) is 52.8 Å². The highest BCUT2D eigenvalue weighted by Gasteiger charge is 2.40. The molecule has 0 unspecified atom stereocenters. The Balaban J connectivity index is 0.00000141. The van der Waals surface area contributed by atoms with Crippen molar-refractivity contribution in [1.29, 1.82) is 5.26 Å². The molecule has 2 aliphatic rings. The van der Waals surface area contributed by atoms with Crippen LogP contribution in [-0.4, -0.2) is 37.8 Å². The third-order valence-corrected chi connectivity index (χ3v) is 6.59. The Morgan fingerprint density at radius 3 is 2.81 bits per heavy atom. The number of ether oxygens (including phenoxy) is 1. The lowest BCUT2D eigenvalue weighted by Crippen LogP contribution is -2.49. The van der Waals surface area contributed by atoms with Crippen LogP contribution < -0.4 is 15.4 Å². The molecule has 2 aromatic carbocycles. The zero-order valence-electron chi connectivity index (χ0n) is 17.6. The third kappa shape index (κ3) is 3.97. The fourth-order valence-corrected chi connectivity index (χ4v) is 5.04. The fourth-order valence-electron chi connectivity index (χ4n) is 3.47. The van der Waals surface area contributed by atoms with Crippen molar-refractivity contribution in [2.45, 2.75) is 31.7 Å². The standard InChI is InChI=1S/C19H15FN4O5S.C2H6.2H2/c1-10-5-12(20)17-14(9-29-15(17)6-10)22-16(25)8-24-19(26)23-13-4-2-3-11(7-21)18(13)30(24,27)28;1-2;;/h2-6,14H,8-9H2,1H3,(H,22,25)(H,23,26);1-2H3;2*1H/t14-;;;/m0.../s1. The van der Waals surface area contributed by atoms with Crippen LogP contribution in [0.2, 0.25) is 0 Å². The van der Waals surface area contributed by atoms with Gasteiger partial charge in [-0.05, 0) is 36.8 Å². The molecule has 2 N–H and O–H groups in total. The van der Waals surface area contributed by atoms with Gasteiger partial charge in [-0.15, -0.1) is 0 Å². The van der Waals surface area contributed by atoms with Crippen molar-refractivity contribution in [2.75, 3.05) is 18.5 Å². The number of amides is 3. The van der Waals surface area contributed by atoms with E-state index in [9.17, 15) is 27.7 Å². The van der Waals surface area contributed by atoms with E-state index >= 15 is 0 Å². The van der Waals surface area contributed by atoms with Gasteiger partial charge >= 0.3 is 6.03 Å². The SMILES string of the molecule is CC.Cc1cc(F)c2c(c1)OC[C@@H]2NC(=O)CN1C(=O)Nc2cccc(C#N)c2S1(=O)=O.[HH].[HH]. The van der Waals surface area contributed by atoms with Gasteiger partial charge in [0.05, 0.1) is 22.9 Å². The van der Waals surface area contributed by atoms with Crippen LogP contribution in [0.15, 0.2) is 35.2 Å². The Labute approximate surface area is 187 Å². The van der Waals surface area contributed by atoms with Gasteiger partial charge in [0.2, 0.25) is 5.91 Å². The van der Waals surface area contributed by atoms with Gasteiger partial charge in [-0.1, -0.05) is 19.9 Å². The molecule has 9 nitrogen and oxygen atoms in total. The molecular formula is C21H25FN4O5S. The second-order valence-corrected chi connectivity index (χ2v) is 8.62. The molecular weight excluding hydrogens is 439 g/mol. The molecule has 3 amide bonds. The molecule has 2 heterocycles. The smallest absolute Gasteiger partial charge is 0.336 e. The van der Waals surface area contributed by atoms with Crippen molar-refractivity contribution in [1.82, 2.24) is 9.62 Å². The molecule has 0 saturated carbocycles. The van der Waals surface area contributed by atoms with Gasteiger partial charge in [0.15, 0.2) is 0 Å². The number of fused-ring (bicyclic) bond motifs is 2. The second kappa shape index (κ2) is 8.84. The molecule has 1 atom stereocenters. The van der Waals surface area contributed by atoms with Crippen LogP contribution in [0.5, 0.6) is 5.75 Å². The number of sulfonamides is 1. The molecule has 2 aliphatic heterocycles. The summed E-state index contributed by atoms with van der Waals surface area (Å²) in [5.41, 5.74) is 0.623. The maximum absolute atomic E-state index is 14.3. The van der Waals surface area contributed by atoms with Crippen LogP contribution in [0.1, 0.15) is 39.4 Å². The summed E-state index contributed by atoms with van der Waals surface area (Å²) in [6.45, 7) is 4.83. The van der Waals surface area contributed by atoms with Crippen molar-refractivity contribution in [3.8, 4) is 11.8 Å². The van der Waals surface area contributed by atoms with Crippen LogP contribution in [0.25, 0.3) is 0 Å². The Kier molecular flexibility index (Phi) is 6.36. The second-order valence-electron chi connectivity index (χ2n) is 6.83. The monoisotopic (exact) mass is 464 g/mol. The summed E-state index contributed by atoms with van der Waals surface area (Å²) < 4.78 is 45.9. The van der Waals surface area contributed by atoms with Crippen LogP contribution >= 0.6 is 0 Å². The number of carbonyl (C=O) groups is 2. The summed E-state index contributed by atoms with van der Waals surface area (Å²) in [5, 5.41) is 14.1. The van der Waals surface area contributed by atoms with Gasteiger partial charge in [-0.2, -0.15) is 5.26 Å². The van der Waals surface area contributed by atoms with Gasteiger partial charge < -0.3 is 15.4 Å². The maximum Gasteiger partial charge on any atom is 0.336 e. The zero-order chi connectivity index (χ0) is 23.6. The highest BCUT2D eigenvalue weighted by molar-refractivity contribution is 7.90. The minimum atomic E-state index is -4.45. The Morgan fingerprint density at radius 2 is 2.12 bits per heavy atom. The molecule has 0 fully saturated rings. The number of anilines is 1. The number of rotatable bonds is 3. The number of nitriles is 1. The van der Waals surface area contributed by atoms with Crippen LogP contribution in [0, 0.1) is 24.1 Å². The Bertz CT molecular complexity index is 1250. The molecule has 32 heavy (non-hydrogen) atoms. The molecule has 0 aromatic heterocycles. The van der Waals surface area contributed by atoms with Gasteiger partial charge in [-0.3, -0.25) is 4.79 Å². The fraction of sp³-hybridized carbons (Fsp3) is 0.286. The number of carbonyl (C=O) groups excluding carboxylic acids is 2. The summed E-state index contributed by atoms with van der Waals surface area (Å²) in [6, 6.07) is 6.92. The summed E-state index contributed by atoms with van der Waals surface area (Å²) in [5.74, 6) is -1.08. The van der Waals surface area contributed by atoms with Crippen molar-refractivity contribution in [2.24, 2.45) is 0 Å². The van der Waals surface area contributed by atoms with Gasteiger partial charge in [0.1, 0.15) is 35.7 Å². The average molecular weight is 465 g/mol. The van der Waals surface area contributed by atoms with E-state index < -0.39 is 40.4 Å². The van der Waals surface area contributed by atoms with Crippen molar-refractivity contribution < 1.29 is 30.0 Å². The quantitative estimate of drug-likeness (QED) is 0.717. The predicted octanol–water partition coefficient (Wildman–Crippen LogP) is 3.31. The summed E-state index contributed by atoms with van der Waals surface area (Å²) in [6.07, 6.45) is 0. The average Bonchev–Trinajstić information content (AvgIpc) is 3.14. The Morgan fingerprint density at radius 1 is 1.41 bits per heavy atom. The molecule has 4 rings (SSSR count). The molecule has 0 saturated heterocycles. The van der Waals surface area contributed by atoms with Crippen molar-refractivity contribution >= 4 is 27.6 Å². The first-order chi connectivity index (χ1) is 15.2. The molecule has 0 radical (unpaired) electrons. The van der Waals surface area contributed by atoms with E-state index in [1.165, 1.54) is 24.3 Å². The van der Waals surface area contributed by atoms with Gasteiger partial charge in [-0.25, -0.2) is 21.9 Å². The minimum Gasteiger partial charge on any atom is -0.491 e. The summed E-state index contributed by atoms with van der Waals surface area (Å²) in [7, 11) is -4.45. The summed E-state index contributed by atoms with van der Waals surface area (Å²) >= 11 is 0. The number of nitrogens with one attached hydrogen (secondary N) is 2. The minimum absolute atomic E-state index is 0. The van der Waals surface area contributed by atoms with E-state index in [0.29, 0.717) is 15.6 Å². The number of nitrogens with zero attached hydrogens (tertiary/aromatic N) is 2. The highest BCUT2D eigenvalue weighted by Crippen LogP contribution is 2.36. The largest absolute Gasteiger partial charge is 0.491 e. The van der Waals surface area contributed by atoms with E-state index in [1.54, 1.807) is 19.1 Å². The predicted molar refractivity (Wildman–Crippen MR) is 117 cm³/mol. The maximum atomic E-state index is 14.3. The number of benzene rings is 2. The number of urea groups is 1. The molecule has 0 spiro atoms. The molecule has 172 valence electrons. The lowest BCUT2D eigenvalue weighted by atomic mass is 10.1. The molecule has 0 bridgehead atoms. The lowest BCUT2D eigenvalue weighted by Gasteiger charge is -2.29. The van der Waals surface area contributed by atoms with E-state index in [4.69, 9.17) is 4.74 Å².